The van der Waals surface area contributed by atoms with Crippen molar-refractivity contribution in [3.8, 4) is 22.8 Å². The predicted molar refractivity (Wildman–Crippen MR) is 141 cm³/mol. The molecule has 0 spiro atoms. The predicted octanol–water partition coefficient (Wildman–Crippen LogP) is 5.72. The van der Waals surface area contributed by atoms with Crippen molar-refractivity contribution in [1.29, 1.82) is 0 Å². The van der Waals surface area contributed by atoms with Crippen LogP contribution in [-0.2, 0) is 4.79 Å². The van der Waals surface area contributed by atoms with E-state index in [0.29, 0.717) is 21.0 Å². The summed E-state index contributed by atoms with van der Waals surface area (Å²) in [5.41, 5.74) is 5.93. The zero-order chi connectivity index (χ0) is 24.1. The van der Waals surface area contributed by atoms with E-state index in [-0.39, 0.29) is 17.4 Å². The first-order valence-electron chi connectivity index (χ1n) is 10.1. The molecule has 1 amide bonds. The van der Waals surface area contributed by atoms with Crippen LogP contribution in [0.2, 0.25) is 0 Å². The summed E-state index contributed by atoms with van der Waals surface area (Å²) in [5.74, 6) is 0.511. The number of rotatable bonds is 7. The highest BCUT2D eigenvalue weighted by molar-refractivity contribution is 9.11. The van der Waals surface area contributed by atoms with Crippen LogP contribution < -0.4 is 5.43 Å². The van der Waals surface area contributed by atoms with Gasteiger partial charge in [0, 0.05) is 21.3 Å². The van der Waals surface area contributed by atoms with E-state index in [2.05, 4.69) is 52.6 Å². The molecule has 0 saturated carbocycles. The van der Waals surface area contributed by atoms with Gasteiger partial charge in [-0.1, -0.05) is 75.7 Å². The molecule has 34 heavy (non-hydrogen) atoms. The molecule has 0 radical (unpaired) electrons. The van der Waals surface area contributed by atoms with Crippen molar-refractivity contribution < 1.29 is 9.90 Å². The molecule has 1 aromatic heterocycles. The summed E-state index contributed by atoms with van der Waals surface area (Å²) in [6.07, 6.45) is 1.38. The zero-order valence-electron chi connectivity index (χ0n) is 17.9. The topological polar surface area (TPSA) is 92.4 Å². The van der Waals surface area contributed by atoms with Gasteiger partial charge in [0.2, 0.25) is 0 Å². The lowest BCUT2D eigenvalue weighted by Gasteiger charge is -2.10. The van der Waals surface area contributed by atoms with Crippen LogP contribution in [0, 0.1) is 6.92 Å². The van der Waals surface area contributed by atoms with E-state index in [1.807, 2.05) is 66.1 Å². The van der Waals surface area contributed by atoms with Crippen molar-refractivity contribution in [1.82, 2.24) is 20.2 Å². The summed E-state index contributed by atoms with van der Waals surface area (Å²) < 4.78 is 3.23. The van der Waals surface area contributed by atoms with E-state index in [0.717, 1.165) is 21.3 Å². The van der Waals surface area contributed by atoms with E-state index < -0.39 is 0 Å². The van der Waals surface area contributed by atoms with Crippen molar-refractivity contribution in [2.45, 2.75) is 12.1 Å². The van der Waals surface area contributed by atoms with E-state index in [9.17, 15) is 9.90 Å². The molecule has 4 rings (SSSR count). The second-order valence-electron chi connectivity index (χ2n) is 7.25. The van der Waals surface area contributed by atoms with Gasteiger partial charge in [-0.2, -0.15) is 5.10 Å². The molecule has 1 heterocycles. The highest BCUT2D eigenvalue weighted by Gasteiger charge is 2.17. The van der Waals surface area contributed by atoms with Crippen LogP contribution in [0.25, 0.3) is 17.1 Å². The Kier molecular flexibility index (Phi) is 7.81. The number of hydrogen-bond acceptors (Lipinski definition) is 6. The number of aromatic hydroxyl groups is 1. The summed E-state index contributed by atoms with van der Waals surface area (Å²) in [4.78, 5) is 12.4. The number of phenolic OH excluding ortho intramolecular Hbond substituents is 1. The fourth-order valence-electron chi connectivity index (χ4n) is 3.08. The third-order valence-electron chi connectivity index (χ3n) is 4.74. The van der Waals surface area contributed by atoms with Gasteiger partial charge in [-0.15, -0.1) is 10.2 Å². The first kappa shape index (κ1) is 24.2. The van der Waals surface area contributed by atoms with Crippen molar-refractivity contribution in [3.05, 3.63) is 86.8 Å². The van der Waals surface area contributed by atoms with Gasteiger partial charge in [0.05, 0.1) is 16.4 Å². The Hall–Kier alpha value is -2.95. The lowest BCUT2D eigenvalue weighted by molar-refractivity contribution is -0.118. The van der Waals surface area contributed by atoms with Gasteiger partial charge in [0.25, 0.3) is 5.91 Å². The minimum Gasteiger partial charge on any atom is -0.506 e. The normalized spacial score (nSPS) is 11.1. The molecule has 0 bridgehead atoms. The molecule has 0 atom stereocenters. The molecule has 10 heteroatoms. The van der Waals surface area contributed by atoms with Crippen molar-refractivity contribution in [3.63, 3.8) is 0 Å². The zero-order valence-corrected chi connectivity index (χ0v) is 21.9. The number of halogens is 2. The van der Waals surface area contributed by atoms with E-state index in [1.54, 1.807) is 12.1 Å². The van der Waals surface area contributed by atoms with Gasteiger partial charge in [0.1, 0.15) is 5.75 Å². The lowest BCUT2D eigenvalue weighted by atomic mass is 10.1. The number of carbonyl (C=O) groups is 1. The molecule has 7 nitrogen and oxygen atoms in total. The molecular formula is C24H19Br2N5O2S. The Balaban J connectivity index is 1.50. The molecule has 3 aromatic carbocycles. The molecule has 0 fully saturated rings. The van der Waals surface area contributed by atoms with E-state index in [4.69, 9.17) is 0 Å². The summed E-state index contributed by atoms with van der Waals surface area (Å²) in [5, 5.41) is 23.4. The molecule has 0 saturated heterocycles. The lowest BCUT2D eigenvalue weighted by Crippen LogP contribution is -2.20. The van der Waals surface area contributed by atoms with E-state index >= 15 is 0 Å². The van der Waals surface area contributed by atoms with Crippen LogP contribution in [0.15, 0.2) is 85.9 Å². The molecule has 0 aliphatic rings. The Morgan fingerprint density at radius 2 is 1.85 bits per heavy atom. The van der Waals surface area contributed by atoms with Crippen LogP contribution >= 0.6 is 43.6 Å². The van der Waals surface area contributed by atoms with E-state index in [1.165, 1.54) is 18.0 Å². The summed E-state index contributed by atoms with van der Waals surface area (Å²) in [6, 6.07) is 21.2. The Bertz CT molecular complexity index is 1340. The molecular weight excluding hydrogens is 582 g/mol. The fraction of sp³-hybridized carbons (Fsp3) is 0.0833. The average molecular weight is 601 g/mol. The monoisotopic (exact) mass is 599 g/mol. The maximum Gasteiger partial charge on any atom is 0.250 e. The highest BCUT2D eigenvalue weighted by atomic mass is 79.9. The number of para-hydroxylation sites is 1. The number of benzene rings is 3. The van der Waals surface area contributed by atoms with Crippen molar-refractivity contribution >= 4 is 55.7 Å². The maximum atomic E-state index is 12.4. The number of phenols is 1. The number of amides is 1. The Morgan fingerprint density at radius 1 is 1.12 bits per heavy atom. The Morgan fingerprint density at radius 3 is 2.59 bits per heavy atom. The average Bonchev–Trinajstić information content (AvgIpc) is 3.25. The summed E-state index contributed by atoms with van der Waals surface area (Å²) in [6.45, 7) is 2.03. The third-order valence-corrected chi connectivity index (χ3v) is 6.73. The Labute approximate surface area is 217 Å². The molecule has 172 valence electrons. The molecule has 4 aromatic rings. The first-order chi connectivity index (χ1) is 16.4. The number of hydrogen-bond donors (Lipinski definition) is 2. The van der Waals surface area contributed by atoms with Crippen molar-refractivity contribution in [2.24, 2.45) is 5.10 Å². The second kappa shape index (κ2) is 11.0. The molecule has 2 N–H and O–H groups in total. The van der Waals surface area contributed by atoms with Gasteiger partial charge in [-0.25, -0.2) is 5.43 Å². The van der Waals surface area contributed by atoms with Gasteiger partial charge in [-0.3, -0.25) is 9.36 Å². The SMILES string of the molecule is Cc1ccc(-c2nnc(SCC(=O)N/N=C/c3cc(Br)cc(Br)c3O)n2-c2ccccc2)cc1. The largest absolute Gasteiger partial charge is 0.506 e. The molecule has 0 aliphatic carbocycles. The smallest absolute Gasteiger partial charge is 0.250 e. The minimum atomic E-state index is -0.311. The molecule has 0 unspecified atom stereocenters. The maximum absolute atomic E-state index is 12.4. The standard InChI is InChI=1S/C24H19Br2N5O2S/c1-15-7-9-16(10-8-15)23-29-30-24(31(23)19-5-3-2-4-6-19)34-14-21(32)28-27-13-17-11-18(25)12-20(26)22(17)33/h2-13,33H,14H2,1H3,(H,28,32)/b27-13+. The summed E-state index contributed by atoms with van der Waals surface area (Å²) in [7, 11) is 0. The quantitative estimate of drug-likeness (QED) is 0.161. The first-order valence-corrected chi connectivity index (χ1v) is 12.7. The number of thioether (sulfide) groups is 1. The van der Waals surface area contributed by atoms with Crippen LogP contribution in [0.3, 0.4) is 0 Å². The number of nitrogens with zero attached hydrogens (tertiary/aromatic N) is 4. The minimum absolute atomic E-state index is 0.0372. The number of aromatic nitrogens is 3. The van der Waals surface area contributed by atoms with Crippen LogP contribution in [0.1, 0.15) is 11.1 Å². The van der Waals surface area contributed by atoms with Gasteiger partial charge in [-0.05, 0) is 47.1 Å². The van der Waals surface area contributed by atoms with Crippen LogP contribution in [0.4, 0.5) is 0 Å². The van der Waals surface area contributed by atoms with Crippen LogP contribution in [-0.4, -0.2) is 37.7 Å². The van der Waals surface area contributed by atoms with Gasteiger partial charge < -0.3 is 5.11 Å². The fourth-order valence-corrected chi connectivity index (χ4v) is 5.09. The number of hydrazone groups is 1. The number of aryl methyl sites for hydroxylation is 1. The van der Waals surface area contributed by atoms with Crippen LogP contribution in [0.5, 0.6) is 5.75 Å². The highest BCUT2D eigenvalue weighted by Crippen LogP contribution is 2.31. The number of nitrogens with one attached hydrogen (secondary N) is 1. The second-order valence-corrected chi connectivity index (χ2v) is 9.96. The molecule has 0 aliphatic heterocycles. The number of carbonyl (C=O) groups excluding carboxylic acids is 1. The van der Waals surface area contributed by atoms with Gasteiger partial charge in [0.15, 0.2) is 11.0 Å². The summed E-state index contributed by atoms with van der Waals surface area (Å²) >= 11 is 7.89. The van der Waals surface area contributed by atoms with Crippen molar-refractivity contribution in [2.75, 3.05) is 5.75 Å². The van der Waals surface area contributed by atoms with Gasteiger partial charge >= 0.3 is 0 Å². The third kappa shape index (κ3) is 5.75.